The molecule has 8 nitrogen and oxygen atoms in total. The van der Waals surface area contributed by atoms with Gasteiger partial charge in [0, 0.05) is 6.42 Å². The van der Waals surface area contributed by atoms with E-state index in [1.807, 2.05) is 20.8 Å². The van der Waals surface area contributed by atoms with Crippen LogP contribution in [0.2, 0.25) is 0 Å². The predicted molar refractivity (Wildman–Crippen MR) is 111 cm³/mol. The number of hydrogen-bond donors (Lipinski definition) is 2. The van der Waals surface area contributed by atoms with Gasteiger partial charge in [-0.05, 0) is 44.2 Å². The first-order chi connectivity index (χ1) is 13.8. The summed E-state index contributed by atoms with van der Waals surface area (Å²) in [4.78, 5) is 36.4. The normalized spacial score (nSPS) is 16.2. The van der Waals surface area contributed by atoms with E-state index in [1.54, 1.807) is 32.9 Å². The molecule has 0 bridgehead atoms. The molecule has 0 spiro atoms. The molecule has 2 rings (SSSR count). The standard InChI is InChI=1S/C21H30BNO7/c1-20(2,3)11-16(24)23-15-10-13-8-7-9-14(17(13)30-22(15)27)18(25)28-12-29-19(26)21(4,5)6/h7-9,15,27H,10-12H2,1-6H3,(H,23,24)/t15-/m0/s1. The average Bonchev–Trinajstić information content (AvgIpc) is 2.59. The first-order valence-corrected chi connectivity index (χ1v) is 9.88. The van der Waals surface area contributed by atoms with Gasteiger partial charge in [0.15, 0.2) is 0 Å². The molecule has 30 heavy (non-hydrogen) atoms. The van der Waals surface area contributed by atoms with Gasteiger partial charge >= 0.3 is 19.1 Å². The lowest BCUT2D eigenvalue weighted by atomic mass is 9.72. The minimum Gasteiger partial charge on any atom is -0.534 e. The monoisotopic (exact) mass is 419 g/mol. The Morgan fingerprint density at radius 3 is 2.43 bits per heavy atom. The highest BCUT2D eigenvalue weighted by Crippen LogP contribution is 2.31. The lowest BCUT2D eigenvalue weighted by Gasteiger charge is -2.30. The molecule has 164 valence electrons. The maximum atomic E-state index is 12.4. The fourth-order valence-electron chi connectivity index (χ4n) is 2.88. The van der Waals surface area contributed by atoms with Crippen LogP contribution in [0.5, 0.6) is 5.75 Å². The summed E-state index contributed by atoms with van der Waals surface area (Å²) in [5.41, 5.74) is -0.131. The van der Waals surface area contributed by atoms with Crippen LogP contribution < -0.4 is 9.97 Å². The fraction of sp³-hybridized carbons (Fsp3) is 0.571. The van der Waals surface area contributed by atoms with Gasteiger partial charge in [-0.1, -0.05) is 32.9 Å². The number of amides is 1. The van der Waals surface area contributed by atoms with Crippen molar-refractivity contribution in [1.82, 2.24) is 5.32 Å². The van der Waals surface area contributed by atoms with Crippen LogP contribution in [0.25, 0.3) is 0 Å². The van der Waals surface area contributed by atoms with Crippen LogP contribution in [0.3, 0.4) is 0 Å². The molecule has 2 N–H and O–H groups in total. The highest BCUT2D eigenvalue weighted by molar-refractivity contribution is 6.47. The Kier molecular flexibility index (Phi) is 7.18. The molecule has 1 aromatic rings. The molecule has 1 amide bonds. The molecule has 1 atom stereocenters. The molecule has 0 saturated heterocycles. The molecule has 0 fully saturated rings. The lowest BCUT2D eigenvalue weighted by Crippen LogP contribution is -2.53. The van der Waals surface area contributed by atoms with Crippen molar-refractivity contribution in [1.29, 1.82) is 0 Å². The van der Waals surface area contributed by atoms with Crippen molar-refractivity contribution >= 4 is 25.0 Å². The number of fused-ring (bicyclic) bond motifs is 1. The molecule has 0 saturated carbocycles. The highest BCUT2D eigenvalue weighted by atomic mass is 16.7. The van der Waals surface area contributed by atoms with Gasteiger partial charge in [0.2, 0.25) is 12.7 Å². The number of benzene rings is 1. The second kappa shape index (κ2) is 9.08. The van der Waals surface area contributed by atoms with E-state index in [0.717, 1.165) is 0 Å². The van der Waals surface area contributed by atoms with E-state index in [1.165, 1.54) is 6.07 Å². The Labute approximate surface area is 177 Å². The average molecular weight is 419 g/mol. The molecule has 0 aliphatic carbocycles. The number of carbonyl (C=O) groups excluding carboxylic acids is 3. The van der Waals surface area contributed by atoms with Crippen LogP contribution in [0.4, 0.5) is 0 Å². The number of hydrogen-bond acceptors (Lipinski definition) is 7. The van der Waals surface area contributed by atoms with Gasteiger partial charge in [-0.2, -0.15) is 0 Å². The first kappa shape index (κ1) is 23.7. The smallest absolute Gasteiger partial charge is 0.534 e. The van der Waals surface area contributed by atoms with Crippen LogP contribution in [0, 0.1) is 10.8 Å². The Balaban J connectivity index is 2.04. The molecular weight excluding hydrogens is 389 g/mol. The van der Waals surface area contributed by atoms with Gasteiger partial charge in [0.05, 0.1) is 11.4 Å². The van der Waals surface area contributed by atoms with Gasteiger partial charge < -0.3 is 24.5 Å². The van der Waals surface area contributed by atoms with Crippen molar-refractivity contribution in [2.75, 3.05) is 6.79 Å². The third-order valence-electron chi connectivity index (χ3n) is 4.37. The molecular formula is C21H30BNO7. The Bertz CT molecular complexity index is 811. The topological polar surface area (TPSA) is 111 Å². The minimum atomic E-state index is -1.31. The summed E-state index contributed by atoms with van der Waals surface area (Å²) in [6.45, 7) is 10.4. The SMILES string of the molecule is CC(C)(C)CC(=O)N[C@H]1Cc2cccc(C(=O)OCOC(=O)C(C)(C)C)c2OB1O. The lowest BCUT2D eigenvalue weighted by molar-refractivity contribution is -0.161. The zero-order chi connectivity index (χ0) is 22.7. The third kappa shape index (κ3) is 6.48. The molecule has 0 aromatic heterocycles. The molecule has 0 radical (unpaired) electrons. The number of ether oxygens (including phenoxy) is 2. The van der Waals surface area contributed by atoms with E-state index in [9.17, 15) is 19.4 Å². The van der Waals surface area contributed by atoms with E-state index < -0.39 is 37.2 Å². The van der Waals surface area contributed by atoms with Crippen molar-refractivity contribution in [3.8, 4) is 5.75 Å². The summed E-state index contributed by atoms with van der Waals surface area (Å²) in [5, 5.41) is 13.1. The number of nitrogens with one attached hydrogen (secondary N) is 1. The highest BCUT2D eigenvalue weighted by Gasteiger charge is 2.38. The van der Waals surface area contributed by atoms with Crippen LogP contribution in [-0.2, 0) is 25.5 Å². The Morgan fingerprint density at radius 1 is 1.17 bits per heavy atom. The third-order valence-corrected chi connectivity index (χ3v) is 4.37. The van der Waals surface area contributed by atoms with Crippen LogP contribution >= 0.6 is 0 Å². The zero-order valence-electron chi connectivity index (χ0n) is 18.4. The Hall–Kier alpha value is -2.55. The summed E-state index contributed by atoms with van der Waals surface area (Å²) < 4.78 is 15.5. The predicted octanol–water partition coefficient (Wildman–Crippen LogP) is 2.27. The van der Waals surface area contributed by atoms with Crippen LogP contribution in [0.15, 0.2) is 18.2 Å². The largest absolute Gasteiger partial charge is 0.547 e. The van der Waals surface area contributed by atoms with E-state index in [0.29, 0.717) is 18.4 Å². The summed E-state index contributed by atoms with van der Waals surface area (Å²) in [6, 6.07) is 4.91. The van der Waals surface area contributed by atoms with Crippen LogP contribution in [-0.4, -0.2) is 42.7 Å². The molecule has 1 aliphatic rings. The van der Waals surface area contributed by atoms with Crippen molar-refractivity contribution in [3.05, 3.63) is 29.3 Å². The number of esters is 2. The van der Waals surface area contributed by atoms with Crippen molar-refractivity contribution in [2.45, 2.75) is 60.3 Å². The summed E-state index contributed by atoms with van der Waals surface area (Å²) in [6.07, 6.45) is 0.606. The molecule has 1 aliphatic heterocycles. The van der Waals surface area contributed by atoms with Gasteiger partial charge in [-0.25, -0.2) is 4.79 Å². The van der Waals surface area contributed by atoms with Gasteiger partial charge in [-0.3, -0.25) is 9.59 Å². The molecule has 9 heteroatoms. The van der Waals surface area contributed by atoms with E-state index in [2.05, 4.69) is 5.32 Å². The quantitative estimate of drug-likeness (QED) is 0.428. The maximum Gasteiger partial charge on any atom is 0.547 e. The van der Waals surface area contributed by atoms with E-state index in [4.69, 9.17) is 14.1 Å². The molecule has 1 aromatic carbocycles. The first-order valence-electron chi connectivity index (χ1n) is 9.88. The van der Waals surface area contributed by atoms with Gasteiger partial charge in [0.25, 0.3) is 0 Å². The number of rotatable bonds is 5. The fourth-order valence-corrected chi connectivity index (χ4v) is 2.88. The summed E-state index contributed by atoms with van der Waals surface area (Å²) >= 11 is 0. The maximum absolute atomic E-state index is 12.4. The summed E-state index contributed by atoms with van der Waals surface area (Å²) in [5.74, 6) is -1.86. The van der Waals surface area contributed by atoms with Crippen molar-refractivity contribution in [2.24, 2.45) is 10.8 Å². The number of para-hydroxylation sites is 1. The Morgan fingerprint density at radius 2 is 1.83 bits per heavy atom. The van der Waals surface area contributed by atoms with Crippen molar-refractivity contribution < 1.29 is 33.5 Å². The molecule has 1 heterocycles. The second-order valence-corrected chi connectivity index (χ2v) is 9.65. The second-order valence-electron chi connectivity index (χ2n) is 9.65. The summed E-state index contributed by atoms with van der Waals surface area (Å²) in [7, 11) is -1.31. The zero-order valence-corrected chi connectivity index (χ0v) is 18.4. The minimum absolute atomic E-state index is 0.109. The van der Waals surface area contributed by atoms with Crippen molar-refractivity contribution in [3.63, 3.8) is 0 Å². The van der Waals surface area contributed by atoms with E-state index >= 15 is 0 Å². The van der Waals surface area contributed by atoms with Crippen LogP contribution in [0.1, 0.15) is 63.9 Å². The number of carbonyl (C=O) groups is 3. The molecule has 0 unspecified atom stereocenters. The van der Waals surface area contributed by atoms with Gasteiger partial charge in [0.1, 0.15) is 11.3 Å². The van der Waals surface area contributed by atoms with E-state index in [-0.39, 0.29) is 22.6 Å². The van der Waals surface area contributed by atoms with Gasteiger partial charge in [-0.15, -0.1) is 0 Å².